The van der Waals surface area contributed by atoms with Gasteiger partial charge in [-0.2, -0.15) is 18.3 Å². The largest absolute Gasteiger partial charge is 0.435 e. The minimum atomic E-state index is -4.51. The first kappa shape index (κ1) is 16.6. The molecule has 1 aliphatic rings. The van der Waals surface area contributed by atoms with Gasteiger partial charge in [0.1, 0.15) is 16.9 Å². The molecule has 4 aromatic rings. The van der Waals surface area contributed by atoms with Gasteiger partial charge in [-0.15, -0.1) is 16.4 Å². The predicted octanol–water partition coefficient (Wildman–Crippen LogP) is 2.75. The quantitative estimate of drug-likeness (QED) is 0.498. The molecule has 0 saturated carbocycles. The Labute approximate surface area is 155 Å². The Hall–Kier alpha value is -2.53. The van der Waals surface area contributed by atoms with E-state index < -0.39 is 11.9 Å². The van der Waals surface area contributed by atoms with Crippen LogP contribution in [0.15, 0.2) is 12.4 Å². The van der Waals surface area contributed by atoms with Gasteiger partial charge in [0.15, 0.2) is 17.2 Å². The summed E-state index contributed by atoms with van der Waals surface area (Å²) in [7, 11) is 3.53. The van der Waals surface area contributed by atoms with Crippen molar-refractivity contribution in [2.45, 2.75) is 19.1 Å². The van der Waals surface area contributed by atoms with E-state index in [0.29, 0.717) is 5.65 Å². The van der Waals surface area contributed by atoms with Gasteiger partial charge < -0.3 is 4.90 Å². The van der Waals surface area contributed by atoms with E-state index in [2.05, 4.69) is 32.1 Å². The van der Waals surface area contributed by atoms with Crippen LogP contribution in [0, 0.1) is 0 Å². The smallest absolute Gasteiger partial charge is 0.301 e. The molecule has 0 bridgehead atoms. The number of hydrogen-bond donors (Lipinski definition) is 0. The lowest BCUT2D eigenvalue weighted by Crippen LogP contribution is -2.25. The molecule has 0 fully saturated rings. The van der Waals surface area contributed by atoms with E-state index in [1.54, 1.807) is 17.7 Å². The van der Waals surface area contributed by atoms with Crippen LogP contribution >= 0.6 is 11.3 Å². The van der Waals surface area contributed by atoms with Crippen molar-refractivity contribution in [3.8, 4) is 11.5 Å². The van der Waals surface area contributed by atoms with Gasteiger partial charge in [-0.1, -0.05) is 0 Å². The second-order valence-corrected chi connectivity index (χ2v) is 7.74. The minimum absolute atomic E-state index is 0.197. The van der Waals surface area contributed by atoms with Gasteiger partial charge >= 0.3 is 6.18 Å². The first-order valence-electron chi connectivity index (χ1n) is 8.27. The highest BCUT2D eigenvalue weighted by atomic mass is 32.1. The van der Waals surface area contributed by atoms with E-state index >= 15 is 0 Å². The van der Waals surface area contributed by atoms with Crippen LogP contribution < -0.4 is 0 Å². The number of halogens is 3. The van der Waals surface area contributed by atoms with E-state index in [4.69, 9.17) is 0 Å². The lowest BCUT2D eigenvalue weighted by Gasteiger charge is -2.21. The number of thiophene rings is 1. The number of aryl methyl sites for hydroxylation is 1. The van der Waals surface area contributed by atoms with Gasteiger partial charge in [-0.25, -0.2) is 14.5 Å². The maximum Gasteiger partial charge on any atom is 0.435 e. The van der Waals surface area contributed by atoms with Crippen molar-refractivity contribution in [2.75, 3.05) is 13.6 Å². The van der Waals surface area contributed by atoms with Gasteiger partial charge in [0.2, 0.25) is 0 Å². The molecule has 0 aliphatic carbocycles. The van der Waals surface area contributed by atoms with Gasteiger partial charge in [-0.3, -0.25) is 4.68 Å². The van der Waals surface area contributed by atoms with E-state index in [9.17, 15) is 13.2 Å². The average Bonchev–Trinajstić information content (AvgIpc) is 3.26. The van der Waals surface area contributed by atoms with Crippen molar-refractivity contribution in [3.05, 3.63) is 28.5 Å². The molecule has 0 atom stereocenters. The highest BCUT2D eigenvalue weighted by Gasteiger charge is 2.35. The normalized spacial score (nSPS) is 15.7. The van der Waals surface area contributed by atoms with E-state index in [0.717, 1.165) is 40.5 Å². The molecule has 7 nitrogen and oxygen atoms in total. The predicted molar refractivity (Wildman–Crippen MR) is 93.4 cm³/mol. The molecular weight excluding hydrogens is 379 g/mol. The molecular formula is C16H14F3N7S. The summed E-state index contributed by atoms with van der Waals surface area (Å²) in [5, 5.41) is 8.83. The Morgan fingerprint density at radius 1 is 1.19 bits per heavy atom. The van der Waals surface area contributed by atoms with Crippen molar-refractivity contribution < 1.29 is 13.2 Å². The fourth-order valence-electron chi connectivity index (χ4n) is 3.44. The van der Waals surface area contributed by atoms with E-state index in [1.807, 2.05) is 0 Å². The maximum atomic E-state index is 13.0. The first-order chi connectivity index (χ1) is 12.8. The van der Waals surface area contributed by atoms with Crippen molar-refractivity contribution in [2.24, 2.45) is 7.05 Å². The molecule has 4 aromatic heterocycles. The van der Waals surface area contributed by atoms with Gasteiger partial charge in [0.25, 0.3) is 0 Å². The van der Waals surface area contributed by atoms with Crippen molar-refractivity contribution in [1.29, 1.82) is 0 Å². The zero-order valence-electron chi connectivity index (χ0n) is 14.4. The second kappa shape index (κ2) is 5.49. The summed E-state index contributed by atoms with van der Waals surface area (Å²) in [5.74, 6) is 0.197. The number of likely N-dealkylation sites (N-methyl/N-ethyl adjacent to an activating group) is 1. The van der Waals surface area contributed by atoms with Crippen LogP contribution in [0.1, 0.15) is 16.1 Å². The van der Waals surface area contributed by atoms with E-state index in [-0.39, 0.29) is 11.5 Å². The van der Waals surface area contributed by atoms with Crippen LogP contribution in [0.4, 0.5) is 13.2 Å². The third-order valence-corrected chi connectivity index (χ3v) is 5.89. The number of alkyl halides is 3. The van der Waals surface area contributed by atoms with Crippen LogP contribution in [-0.2, 0) is 26.2 Å². The van der Waals surface area contributed by atoms with Crippen molar-refractivity contribution in [1.82, 2.24) is 34.3 Å². The molecule has 0 unspecified atom stereocenters. The monoisotopic (exact) mass is 393 g/mol. The number of fused-ring (bicyclic) bond motifs is 5. The van der Waals surface area contributed by atoms with Crippen LogP contribution in [0.5, 0.6) is 0 Å². The standard InChI is InChI=1S/C16H14F3N7S/c1-24-4-3-8-10(6-24)27-15-12(8)14-21-13(23-26(14)7-20-15)9-5-11(16(17,18)19)22-25(9)2/h5,7H,3-4,6H2,1-2H3. The van der Waals surface area contributed by atoms with Gasteiger partial charge in [0, 0.05) is 25.0 Å². The summed E-state index contributed by atoms with van der Waals surface area (Å²) in [4.78, 5) is 13.4. The number of aromatic nitrogens is 6. The zero-order chi connectivity index (χ0) is 18.9. The Morgan fingerprint density at radius 2 is 2.00 bits per heavy atom. The average molecular weight is 393 g/mol. The Kier molecular flexibility index (Phi) is 3.38. The summed E-state index contributed by atoms with van der Waals surface area (Å²) in [6.45, 7) is 1.80. The molecule has 0 radical (unpaired) electrons. The van der Waals surface area contributed by atoms with Crippen molar-refractivity contribution in [3.63, 3.8) is 0 Å². The van der Waals surface area contributed by atoms with Crippen molar-refractivity contribution >= 4 is 27.2 Å². The van der Waals surface area contributed by atoms with E-state index in [1.165, 1.54) is 22.0 Å². The van der Waals surface area contributed by atoms with Crippen LogP contribution in [0.25, 0.3) is 27.4 Å². The molecule has 5 rings (SSSR count). The summed E-state index contributed by atoms with van der Waals surface area (Å²) in [5.41, 5.74) is 1.08. The number of hydrogen-bond acceptors (Lipinski definition) is 6. The molecule has 1 aliphatic heterocycles. The molecule has 0 spiro atoms. The molecule has 0 amide bonds. The number of nitrogens with zero attached hydrogens (tertiary/aromatic N) is 7. The SMILES string of the molecule is CN1CCc2c(sc3ncn4nc(-c5cc(C(F)(F)F)nn5C)nc4c23)C1. The molecule has 0 saturated heterocycles. The summed E-state index contributed by atoms with van der Waals surface area (Å²) < 4.78 is 41.5. The van der Waals surface area contributed by atoms with Gasteiger partial charge in [-0.05, 0) is 25.1 Å². The molecule has 5 heterocycles. The van der Waals surface area contributed by atoms with Crippen LogP contribution in [0.2, 0.25) is 0 Å². The first-order valence-corrected chi connectivity index (χ1v) is 9.08. The minimum Gasteiger partial charge on any atom is -0.301 e. The third kappa shape index (κ3) is 2.52. The lowest BCUT2D eigenvalue weighted by atomic mass is 10.1. The molecule has 11 heteroatoms. The Bertz CT molecular complexity index is 1190. The fraction of sp³-hybridized carbons (Fsp3) is 0.375. The van der Waals surface area contributed by atoms with Gasteiger partial charge in [0.05, 0.1) is 5.39 Å². The third-order valence-electron chi connectivity index (χ3n) is 4.77. The fourth-order valence-corrected chi connectivity index (χ4v) is 4.71. The maximum absolute atomic E-state index is 13.0. The topological polar surface area (TPSA) is 64.1 Å². The Morgan fingerprint density at radius 3 is 2.74 bits per heavy atom. The Balaban J connectivity index is 1.70. The number of rotatable bonds is 1. The molecule has 0 N–H and O–H groups in total. The highest BCUT2D eigenvalue weighted by molar-refractivity contribution is 7.19. The summed E-state index contributed by atoms with van der Waals surface area (Å²) >= 11 is 1.63. The molecule has 140 valence electrons. The molecule has 27 heavy (non-hydrogen) atoms. The van der Waals surface area contributed by atoms with Crippen LogP contribution in [-0.4, -0.2) is 47.9 Å². The lowest BCUT2D eigenvalue weighted by molar-refractivity contribution is -0.141. The molecule has 0 aromatic carbocycles. The van der Waals surface area contributed by atoms with Crippen LogP contribution in [0.3, 0.4) is 0 Å². The summed E-state index contributed by atoms with van der Waals surface area (Å²) in [6, 6.07) is 0.970. The highest BCUT2D eigenvalue weighted by Crippen LogP contribution is 2.36. The zero-order valence-corrected chi connectivity index (χ0v) is 15.3. The summed E-state index contributed by atoms with van der Waals surface area (Å²) in [6.07, 6.45) is -2.07. The second-order valence-electron chi connectivity index (χ2n) is 6.66.